The molecule has 11 heteroatoms. The van der Waals surface area contributed by atoms with Crippen LogP contribution in [-0.2, 0) is 14.3 Å². The number of ether oxygens (including phenoxy) is 2. The van der Waals surface area contributed by atoms with Crippen LogP contribution in [0.3, 0.4) is 0 Å². The molecule has 1 saturated heterocycles. The van der Waals surface area contributed by atoms with Gasteiger partial charge >= 0.3 is 10.8 Å². The van der Waals surface area contributed by atoms with E-state index in [-0.39, 0.29) is 16.3 Å². The van der Waals surface area contributed by atoms with E-state index in [1.807, 2.05) is 6.92 Å². The quantitative estimate of drug-likeness (QED) is 0.609. The van der Waals surface area contributed by atoms with Gasteiger partial charge in [0.05, 0.1) is 12.2 Å². The van der Waals surface area contributed by atoms with Crippen LogP contribution in [0.4, 0.5) is 5.95 Å². The van der Waals surface area contributed by atoms with Gasteiger partial charge in [0, 0.05) is 12.8 Å². The van der Waals surface area contributed by atoms with Crippen molar-refractivity contribution in [2.75, 3.05) is 5.73 Å². The van der Waals surface area contributed by atoms with Gasteiger partial charge in [-0.3, -0.25) is 23.9 Å². The lowest BCUT2D eigenvalue weighted by atomic mass is 9.85. The molecule has 0 amide bonds. The number of aromatic amines is 1. The Balaban J connectivity index is 2.15. The van der Waals surface area contributed by atoms with E-state index in [1.54, 1.807) is 13.8 Å². The summed E-state index contributed by atoms with van der Waals surface area (Å²) in [6, 6.07) is 0. The third-order valence-electron chi connectivity index (χ3n) is 5.04. The minimum atomic E-state index is -0.987. The normalized spacial score (nSPS) is 23.8. The van der Waals surface area contributed by atoms with Gasteiger partial charge in [-0.25, -0.2) is 0 Å². The highest BCUT2D eigenvalue weighted by molar-refractivity contribution is 7.16. The van der Waals surface area contributed by atoms with Crippen LogP contribution in [0.25, 0.3) is 10.3 Å². The van der Waals surface area contributed by atoms with Crippen molar-refractivity contribution in [3.8, 4) is 0 Å². The highest BCUT2D eigenvalue weighted by Crippen LogP contribution is 2.44. The predicted molar refractivity (Wildman–Crippen MR) is 103 cm³/mol. The average Bonchev–Trinajstić information content (AvgIpc) is 3.14. The van der Waals surface area contributed by atoms with Crippen molar-refractivity contribution in [3.05, 3.63) is 20.0 Å². The van der Waals surface area contributed by atoms with Crippen LogP contribution < -0.4 is 16.2 Å². The van der Waals surface area contributed by atoms with E-state index in [0.29, 0.717) is 12.8 Å². The lowest BCUT2D eigenvalue weighted by molar-refractivity contribution is -0.163. The fraction of sp³-hybridized carbons (Fsp3) is 0.647. The number of esters is 1. The zero-order valence-corrected chi connectivity index (χ0v) is 16.9. The van der Waals surface area contributed by atoms with Crippen molar-refractivity contribution in [1.29, 1.82) is 0 Å². The van der Waals surface area contributed by atoms with Crippen molar-refractivity contribution >= 4 is 33.6 Å². The number of carbonyl (C=O) groups excluding carboxylic acids is 1. The van der Waals surface area contributed by atoms with E-state index in [0.717, 1.165) is 11.3 Å². The first-order valence-corrected chi connectivity index (χ1v) is 9.80. The Morgan fingerprint density at radius 2 is 2.21 bits per heavy atom. The number of fused-ring (bicyclic) bond motifs is 1. The summed E-state index contributed by atoms with van der Waals surface area (Å²) in [5.74, 6) is -1.05. The molecule has 0 aliphatic carbocycles. The maximum Gasteiger partial charge on any atom is 0.311 e. The van der Waals surface area contributed by atoms with Crippen LogP contribution in [0.15, 0.2) is 9.59 Å². The third-order valence-corrected chi connectivity index (χ3v) is 5.98. The van der Waals surface area contributed by atoms with Gasteiger partial charge in [-0.15, -0.1) is 0 Å². The second kappa shape index (κ2) is 7.30. The number of anilines is 1. The largest absolute Gasteiger partial charge is 0.459 e. The summed E-state index contributed by atoms with van der Waals surface area (Å²) in [4.78, 5) is 42.5. The number of carbonyl (C=O) groups is 1. The van der Waals surface area contributed by atoms with Gasteiger partial charge in [0.15, 0.2) is 5.65 Å². The van der Waals surface area contributed by atoms with Crippen LogP contribution in [0.5, 0.6) is 0 Å². The zero-order chi connectivity index (χ0) is 20.8. The molecule has 1 aliphatic rings. The van der Waals surface area contributed by atoms with Crippen molar-refractivity contribution in [2.45, 2.75) is 64.6 Å². The lowest BCUT2D eigenvalue weighted by Crippen LogP contribution is -2.40. The van der Waals surface area contributed by atoms with Crippen LogP contribution in [0.2, 0.25) is 0 Å². The van der Waals surface area contributed by atoms with Crippen molar-refractivity contribution < 1.29 is 19.4 Å². The average molecular weight is 412 g/mol. The number of aliphatic hydroxyl groups is 1. The van der Waals surface area contributed by atoms with E-state index in [4.69, 9.17) is 15.2 Å². The number of rotatable bonds is 5. The first-order valence-electron chi connectivity index (χ1n) is 8.99. The Kier molecular flexibility index (Phi) is 5.34. The van der Waals surface area contributed by atoms with Gasteiger partial charge in [0.2, 0.25) is 5.95 Å². The monoisotopic (exact) mass is 412 g/mol. The molecule has 0 aromatic carbocycles. The van der Waals surface area contributed by atoms with Gasteiger partial charge in [-0.1, -0.05) is 18.3 Å². The summed E-state index contributed by atoms with van der Waals surface area (Å²) in [6.45, 7) is 6.58. The topological polar surface area (TPSA) is 150 Å². The molecule has 3 rings (SSSR count). The van der Waals surface area contributed by atoms with Crippen LogP contribution in [-0.4, -0.2) is 43.4 Å². The van der Waals surface area contributed by atoms with Gasteiger partial charge in [0.1, 0.15) is 16.5 Å². The lowest BCUT2D eigenvalue weighted by Gasteiger charge is -2.34. The second-order valence-corrected chi connectivity index (χ2v) is 8.38. The summed E-state index contributed by atoms with van der Waals surface area (Å²) < 4.78 is 12.9. The van der Waals surface area contributed by atoms with Gasteiger partial charge in [0.25, 0.3) is 5.56 Å². The fourth-order valence-electron chi connectivity index (χ4n) is 3.69. The second-order valence-electron chi connectivity index (χ2n) is 7.42. The van der Waals surface area contributed by atoms with Gasteiger partial charge < -0.3 is 20.3 Å². The Bertz CT molecular complexity index is 1010. The Morgan fingerprint density at radius 1 is 1.54 bits per heavy atom. The first kappa shape index (κ1) is 20.5. The molecule has 0 bridgehead atoms. The summed E-state index contributed by atoms with van der Waals surface area (Å²) in [6.07, 6.45) is -1.36. The maximum absolute atomic E-state index is 12.7. The number of hydrogen-bond acceptors (Lipinski definition) is 9. The minimum absolute atomic E-state index is 0.108. The molecule has 1 unspecified atom stereocenters. The number of nitrogens with one attached hydrogen (secondary N) is 1. The summed E-state index contributed by atoms with van der Waals surface area (Å²) in [7, 11) is 0. The molecule has 1 fully saturated rings. The number of nitrogen functional groups attached to an aromatic ring is 1. The molecule has 2 aromatic heterocycles. The number of hydrogen-bond donors (Lipinski definition) is 3. The highest BCUT2D eigenvalue weighted by Gasteiger charge is 2.49. The first-order chi connectivity index (χ1) is 13.0. The number of nitrogens with two attached hydrogens (primary N) is 1. The Hall–Kier alpha value is -2.24. The third kappa shape index (κ3) is 3.56. The number of H-pyrrole nitrogens is 1. The van der Waals surface area contributed by atoms with E-state index >= 15 is 0 Å². The zero-order valence-electron chi connectivity index (χ0n) is 16.1. The van der Waals surface area contributed by atoms with Gasteiger partial charge in [-0.05, 0) is 26.7 Å². The molecule has 1 aliphatic heterocycles. The molecular weight excluding hydrogens is 388 g/mol. The van der Waals surface area contributed by atoms with Crippen LogP contribution in [0.1, 0.15) is 46.8 Å². The minimum Gasteiger partial charge on any atom is -0.459 e. The van der Waals surface area contributed by atoms with Gasteiger partial charge in [-0.2, -0.15) is 4.98 Å². The summed E-state index contributed by atoms with van der Waals surface area (Å²) in [5, 5.41) is 10.3. The SMILES string of the molecule is CC[C@H](O)C1C[C@@H](C(C)(C)OC(C)=O)[C@H](n2c(=O)sc3c(=O)[nH]c(N)nc32)O1. The molecule has 28 heavy (non-hydrogen) atoms. The molecule has 0 saturated carbocycles. The molecule has 0 radical (unpaired) electrons. The molecule has 4 atom stereocenters. The van der Waals surface area contributed by atoms with E-state index in [2.05, 4.69) is 9.97 Å². The summed E-state index contributed by atoms with van der Waals surface area (Å²) >= 11 is 0.738. The molecule has 0 spiro atoms. The van der Waals surface area contributed by atoms with E-state index < -0.39 is 46.4 Å². The molecule has 154 valence electrons. The predicted octanol–water partition coefficient (Wildman–Crippen LogP) is 0.745. The standard InChI is InChI=1S/C17H24N4O6S/c1-5-9(23)10-6-8(17(3,4)27-7(2)22)14(26-10)21-12-11(28-16(21)25)13(24)20-15(18)19-12/h8-10,14,23H,5-6H2,1-4H3,(H3,18,19,20,24)/t8-,9+,10?,14-/m1/s1. The van der Waals surface area contributed by atoms with Crippen LogP contribution in [0, 0.1) is 5.92 Å². The van der Waals surface area contributed by atoms with Crippen molar-refractivity contribution in [1.82, 2.24) is 14.5 Å². The van der Waals surface area contributed by atoms with Crippen molar-refractivity contribution in [3.63, 3.8) is 0 Å². The van der Waals surface area contributed by atoms with Crippen LogP contribution >= 0.6 is 11.3 Å². The number of aliphatic hydroxyl groups excluding tert-OH is 1. The fourth-order valence-corrected chi connectivity index (χ4v) is 4.53. The Labute approximate surface area is 164 Å². The van der Waals surface area contributed by atoms with E-state index in [1.165, 1.54) is 11.5 Å². The molecule has 3 heterocycles. The van der Waals surface area contributed by atoms with E-state index in [9.17, 15) is 19.5 Å². The number of nitrogens with zero attached hydrogens (tertiary/aromatic N) is 2. The molecule has 10 nitrogen and oxygen atoms in total. The highest BCUT2D eigenvalue weighted by atomic mass is 32.1. The van der Waals surface area contributed by atoms with Crippen molar-refractivity contribution in [2.24, 2.45) is 5.92 Å². The smallest absolute Gasteiger partial charge is 0.311 e. The molecule has 4 N–H and O–H groups in total. The maximum atomic E-state index is 12.7. The summed E-state index contributed by atoms with van der Waals surface area (Å²) in [5.41, 5.74) is 4.27. The molecule has 2 aromatic rings. The number of thiazole rings is 1. The number of aromatic nitrogens is 3. The molecular formula is C17H24N4O6S. The Morgan fingerprint density at radius 3 is 2.82 bits per heavy atom.